The number of imide groups is 1. The van der Waals surface area contributed by atoms with Crippen LogP contribution >= 0.6 is 50.7 Å². The summed E-state index contributed by atoms with van der Waals surface area (Å²) in [5.41, 5.74) is 4.40. The summed E-state index contributed by atoms with van der Waals surface area (Å²) in [4.78, 5) is 60.4. The van der Waals surface area contributed by atoms with E-state index in [1.54, 1.807) is 67.6 Å². The van der Waals surface area contributed by atoms with Crippen molar-refractivity contribution >= 4 is 90.9 Å². The Balaban J connectivity index is 1.23. The van der Waals surface area contributed by atoms with E-state index in [1.165, 1.54) is 10.5 Å². The quantitative estimate of drug-likeness (QED) is 0.0585. The van der Waals surface area contributed by atoms with Crippen LogP contribution in [0.25, 0.3) is 22.2 Å². The van der Waals surface area contributed by atoms with Gasteiger partial charge >= 0.3 is 5.97 Å². The van der Waals surface area contributed by atoms with Crippen molar-refractivity contribution in [3.05, 3.63) is 104 Å². The molecule has 4 aromatic rings. The molecule has 0 radical (unpaired) electrons. The Hall–Kier alpha value is -3.56. The van der Waals surface area contributed by atoms with Crippen LogP contribution < -0.4 is 4.90 Å². The Morgan fingerprint density at radius 3 is 2.38 bits per heavy atom. The van der Waals surface area contributed by atoms with E-state index in [-0.39, 0.29) is 53.4 Å². The number of ether oxygens (including phenoxy) is 1. The summed E-state index contributed by atoms with van der Waals surface area (Å²) >= 11 is 22.1. The predicted molar refractivity (Wildman–Crippen MR) is 190 cm³/mol. The second kappa shape index (κ2) is 12.7. The number of esters is 1. The number of Topliss-reactive ketones (excluding diaryl/α,β-unsaturated/α-hetero) is 1. The summed E-state index contributed by atoms with van der Waals surface area (Å²) in [6.07, 6.45) is 1.98. The fraction of sp³-hybridized carbons (Fsp3) is 0.270. The molecule has 244 valence electrons. The molecule has 7 rings (SSSR count). The first kappa shape index (κ1) is 33.0. The van der Waals surface area contributed by atoms with Gasteiger partial charge in [-0.1, -0.05) is 47.0 Å². The Bertz CT molecular complexity index is 2060. The molecule has 2 aliphatic carbocycles. The number of hydrogen-bond acceptors (Lipinski definition) is 6. The van der Waals surface area contributed by atoms with Gasteiger partial charge in [0, 0.05) is 38.3 Å². The van der Waals surface area contributed by atoms with Gasteiger partial charge in [0.15, 0.2) is 6.10 Å². The Kier molecular flexibility index (Phi) is 8.73. The monoisotopic (exact) mass is 764 g/mol. The molecule has 2 heterocycles. The van der Waals surface area contributed by atoms with Gasteiger partial charge in [-0.15, -0.1) is 11.6 Å². The maximum absolute atomic E-state index is 13.9. The molecule has 0 spiro atoms. The van der Waals surface area contributed by atoms with Gasteiger partial charge in [0.2, 0.25) is 17.6 Å². The van der Waals surface area contributed by atoms with E-state index >= 15 is 0 Å². The van der Waals surface area contributed by atoms with Gasteiger partial charge in [0.05, 0.1) is 39.3 Å². The molecular formula is C37H28BrCl3N2O5. The van der Waals surface area contributed by atoms with Gasteiger partial charge < -0.3 is 4.74 Å². The molecule has 5 atom stereocenters. The number of halogens is 4. The first-order chi connectivity index (χ1) is 23.0. The smallest absolute Gasteiger partial charge is 0.339 e. The van der Waals surface area contributed by atoms with Gasteiger partial charge in [-0.05, 0) is 102 Å². The molecule has 1 aliphatic heterocycles. The lowest BCUT2D eigenvalue weighted by Crippen LogP contribution is -2.32. The number of anilines is 1. The number of nitrogens with zero attached hydrogens (tertiary/aromatic N) is 2. The average Bonchev–Trinajstić information content (AvgIpc) is 3.72. The van der Waals surface area contributed by atoms with Crippen molar-refractivity contribution in [3.8, 4) is 11.3 Å². The first-order valence-corrected chi connectivity index (χ1v) is 17.6. The number of pyridine rings is 1. The zero-order valence-corrected chi connectivity index (χ0v) is 29.7. The van der Waals surface area contributed by atoms with Crippen LogP contribution in [0.3, 0.4) is 0 Å². The number of rotatable bonds is 8. The molecule has 2 fully saturated rings. The van der Waals surface area contributed by atoms with E-state index in [9.17, 15) is 19.2 Å². The highest BCUT2D eigenvalue weighted by Gasteiger charge is 2.60. The van der Waals surface area contributed by atoms with E-state index in [1.807, 2.05) is 6.92 Å². The molecule has 7 nitrogen and oxygen atoms in total. The number of carbonyl (C=O) groups is 4. The summed E-state index contributed by atoms with van der Waals surface area (Å²) < 4.78 is 6.41. The van der Waals surface area contributed by atoms with Crippen molar-refractivity contribution in [1.29, 1.82) is 0 Å². The van der Waals surface area contributed by atoms with Crippen LogP contribution in [0.15, 0.2) is 76.8 Å². The van der Waals surface area contributed by atoms with Crippen LogP contribution in [-0.2, 0) is 14.3 Å². The van der Waals surface area contributed by atoms with Gasteiger partial charge in [-0.2, -0.15) is 0 Å². The van der Waals surface area contributed by atoms with Crippen molar-refractivity contribution in [3.63, 3.8) is 0 Å². The molecule has 48 heavy (non-hydrogen) atoms. The number of aryl methyl sites for hydroxylation is 1. The Labute approximate surface area is 300 Å². The lowest BCUT2D eigenvalue weighted by atomic mass is 9.82. The molecule has 1 saturated carbocycles. The molecule has 2 bridgehead atoms. The normalized spacial score (nSPS) is 21.9. The van der Waals surface area contributed by atoms with E-state index in [0.29, 0.717) is 53.5 Å². The molecule has 0 N–H and O–H groups in total. The van der Waals surface area contributed by atoms with Gasteiger partial charge in [0.25, 0.3) is 0 Å². The minimum absolute atomic E-state index is 0.0905. The molecule has 3 aliphatic rings. The third-order valence-electron chi connectivity index (χ3n) is 9.79. The highest BCUT2D eigenvalue weighted by Crippen LogP contribution is 2.56. The molecule has 2 amide bonds. The lowest BCUT2D eigenvalue weighted by molar-refractivity contribution is -0.123. The average molecular weight is 767 g/mol. The number of allylic oxidation sites excluding steroid dienone is 2. The molecule has 1 aromatic heterocycles. The SMILES string of the molecule is CC1=CC2CC1C1C(=O)N(c3ccc(-c4cc(C(=O)OC(CCCl)C(=O)c5ccc(Cl)cc5)c5cc(Br)c(Cl)c(C)c5n4)cc3)C(=O)C21. The Morgan fingerprint density at radius 1 is 1.00 bits per heavy atom. The number of amides is 2. The van der Waals surface area contributed by atoms with Crippen LogP contribution in [0.4, 0.5) is 5.69 Å². The number of benzene rings is 3. The van der Waals surface area contributed by atoms with Gasteiger partial charge in [-0.25, -0.2) is 9.78 Å². The zero-order chi connectivity index (χ0) is 34.0. The summed E-state index contributed by atoms with van der Waals surface area (Å²) in [6.45, 7) is 3.84. The van der Waals surface area contributed by atoms with Crippen LogP contribution in [0.1, 0.15) is 46.0 Å². The summed E-state index contributed by atoms with van der Waals surface area (Å²) in [5, 5.41) is 1.40. The van der Waals surface area contributed by atoms with Crippen LogP contribution in [-0.4, -0.2) is 40.5 Å². The van der Waals surface area contributed by atoms with Gasteiger partial charge in [0.1, 0.15) is 0 Å². The minimum atomic E-state index is -1.14. The van der Waals surface area contributed by atoms with Crippen molar-refractivity contribution < 1.29 is 23.9 Å². The molecule has 11 heteroatoms. The van der Waals surface area contributed by atoms with E-state index in [4.69, 9.17) is 44.5 Å². The zero-order valence-electron chi connectivity index (χ0n) is 25.8. The second-order valence-electron chi connectivity index (χ2n) is 12.5. The van der Waals surface area contributed by atoms with Crippen molar-refractivity contribution in [2.75, 3.05) is 10.8 Å². The number of carbonyl (C=O) groups excluding carboxylic acids is 4. The number of hydrogen-bond donors (Lipinski definition) is 0. The summed E-state index contributed by atoms with van der Waals surface area (Å²) in [7, 11) is 0. The van der Waals surface area contributed by atoms with Gasteiger partial charge in [-0.3, -0.25) is 19.3 Å². The van der Waals surface area contributed by atoms with E-state index < -0.39 is 17.9 Å². The number of ketones is 1. The highest BCUT2D eigenvalue weighted by atomic mass is 79.9. The highest BCUT2D eigenvalue weighted by molar-refractivity contribution is 9.10. The summed E-state index contributed by atoms with van der Waals surface area (Å²) in [5.74, 6) is -1.71. The first-order valence-electron chi connectivity index (χ1n) is 15.5. The third-order valence-corrected chi connectivity index (χ3v) is 11.6. The second-order valence-corrected chi connectivity index (χ2v) is 14.6. The fourth-order valence-corrected chi connectivity index (χ4v) is 8.42. The number of alkyl halides is 1. The molecule has 3 aromatic carbocycles. The maximum atomic E-state index is 13.9. The van der Waals surface area contributed by atoms with Crippen LogP contribution in [0, 0.1) is 30.6 Å². The van der Waals surface area contributed by atoms with Crippen molar-refractivity contribution in [1.82, 2.24) is 4.98 Å². The van der Waals surface area contributed by atoms with Crippen molar-refractivity contribution in [2.45, 2.75) is 32.8 Å². The van der Waals surface area contributed by atoms with Crippen LogP contribution in [0.5, 0.6) is 0 Å². The predicted octanol–water partition coefficient (Wildman–Crippen LogP) is 9.02. The summed E-state index contributed by atoms with van der Waals surface area (Å²) in [6, 6.07) is 16.6. The topological polar surface area (TPSA) is 93.6 Å². The molecule has 1 saturated heterocycles. The van der Waals surface area contributed by atoms with Crippen LogP contribution in [0.2, 0.25) is 10.0 Å². The lowest BCUT2D eigenvalue weighted by Gasteiger charge is -2.19. The van der Waals surface area contributed by atoms with Crippen molar-refractivity contribution in [2.24, 2.45) is 23.7 Å². The van der Waals surface area contributed by atoms with E-state index in [2.05, 4.69) is 22.0 Å². The standard InChI is InChI=1S/C37H28BrCl3N2O5/c1-17-13-21-14-24(17)31-30(21)35(45)43(36(31)46)23-9-5-19(6-10-23)28-16-26(25-15-27(38)32(41)18(2)33(25)42-28)37(47)48-29(11-12-39)34(44)20-3-7-22(40)8-4-20/h3-10,13,15-16,21,24,29-31H,11-12,14H2,1-2H3. The number of fused-ring (bicyclic) bond motifs is 6. The molecule has 5 unspecified atom stereocenters. The number of aromatic nitrogens is 1. The third kappa shape index (κ3) is 5.47. The Morgan fingerprint density at radius 2 is 1.69 bits per heavy atom. The molecular weight excluding hydrogens is 739 g/mol. The maximum Gasteiger partial charge on any atom is 0.339 e. The largest absolute Gasteiger partial charge is 0.450 e. The minimum Gasteiger partial charge on any atom is -0.450 e. The van der Waals surface area contributed by atoms with E-state index in [0.717, 1.165) is 6.42 Å². The fourth-order valence-electron chi connectivity index (χ4n) is 7.42.